The molecular weight excluding hydrogens is 527 g/mol. The highest BCUT2D eigenvalue weighted by Gasteiger charge is 2.18. The van der Waals surface area contributed by atoms with Gasteiger partial charge < -0.3 is 9.13 Å². The standard InChI is InChI=1S/C33H29FN8/c1-4-7-30-36-31-20(2)16-23(33-35-27-15-14-24(34)18-28(27)41(33)3)17-29(31)42(30)19-21-10-12-22(13-11-21)25-8-5-6-9-26(25)32-37-39-40-38-32/h5-6,8-18H,4,7,19H2,1-3H3,(H,37,38,39,40). The largest absolute Gasteiger partial charge is 0.327 e. The molecule has 7 aromatic rings. The van der Waals surface area contributed by atoms with Gasteiger partial charge in [-0.3, -0.25) is 0 Å². The Morgan fingerprint density at radius 2 is 1.67 bits per heavy atom. The van der Waals surface area contributed by atoms with Crippen LogP contribution >= 0.6 is 0 Å². The van der Waals surface area contributed by atoms with Crippen molar-refractivity contribution < 1.29 is 4.39 Å². The van der Waals surface area contributed by atoms with Crippen molar-refractivity contribution in [2.24, 2.45) is 7.05 Å². The van der Waals surface area contributed by atoms with E-state index < -0.39 is 0 Å². The molecule has 0 saturated carbocycles. The number of rotatable bonds is 7. The molecule has 208 valence electrons. The molecule has 9 heteroatoms. The van der Waals surface area contributed by atoms with E-state index in [2.05, 4.69) is 81.5 Å². The van der Waals surface area contributed by atoms with Crippen molar-refractivity contribution in [3.63, 3.8) is 0 Å². The van der Waals surface area contributed by atoms with Crippen molar-refractivity contribution >= 4 is 22.1 Å². The van der Waals surface area contributed by atoms with Gasteiger partial charge in [0, 0.05) is 31.1 Å². The fraction of sp³-hybridized carbons (Fsp3) is 0.182. The van der Waals surface area contributed by atoms with Gasteiger partial charge >= 0.3 is 0 Å². The molecular formula is C33H29FN8. The number of nitrogens with one attached hydrogen (secondary N) is 1. The maximum atomic E-state index is 14.0. The average Bonchev–Trinajstić information content (AvgIpc) is 3.73. The SMILES string of the molecule is CCCc1nc2c(C)cc(-c3nc4ccc(F)cc4n3C)cc2n1Cc1ccc(-c2ccccc2-c2nnn[nH]2)cc1. The Morgan fingerprint density at radius 3 is 2.43 bits per heavy atom. The smallest absolute Gasteiger partial charge is 0.180 e. The van der Waals surface area contributed by atoms with Gasteiger partial charge in [-0.05, 0) is 76.4 Å². The van der Waals surface area contributed by atoms with Crippen LogP contribution in [0.4, 0.5) is 4.39 Å². The van der Waals surface area contributed by atoms with E-state index >= 15 is 0 Å². The minimum Gasteiger partial charge on any atom is -0.327 e. The van der Waals surface area contributed by atoms with Crippen molar-refractivity contribution in [3.8, 4) is 33.9 Å². The molecule has 3 heterocycles. The molecule has 0 aliphatic heterocycles. The molecule has 0 amide bonds. The van der Waals surface area contributed by atoms with Crippen LogP contribution in [0.1, 0.15) is 30.3 Å². The number of halogens is 1. The van der Waals surface area contributed by atoms with Gasteiger partial charge in [-0.15, -0.1) is 5.10 Å². The van der Waals surface area contributed by atoms with Crippen LogP contribution in [0.15, 0.2) is 78.9 Å². The van der Waals surface area contributed by atoms with Crippen LogP contribution in [0.25, 0.3) is 56.0 Å². The first-order chi connectivity index (χ1) is 20.5. The summed E-state index contributed by atoms with van der Waals surface area (Å²) in [6.07, 6.45) is 1.88. The van der Waals surface area contributed by atoms with E-state index in [0.29, 0.717) is 12.4 Å². The van der Waals surface area contributed by atoms with Crippen LogP contribution in [-0.4, -0.2) is 39.7 Å². The van der Waals surface area contributed by atoms with Gasteiger partial charge in [0.05, 0.1) is 22.1 Å². The minimum atomic E-state index is -0.268. The Labute approximate surface area is 241 Å². The monoisotopic (exact) mass is 556 g/mol. The quantitative estimate of drug-likeness (QED) is 0.231. The number of benzene rings is 4. The first-order valence-electron chi connectivity index (χ1n) is 14.0. The molecule has 8 nitrogen and oxygen atoms in total. The minimum absolute atomic E-state index is 0.268. The van der Waals surface area contributed by atoms with E-state index in [1.54, 1.807) is 6.07 Å². The summed E-state index contributed by atoms with van der Waals surface area (Å²) >= 11 is 0. The second-order valence-electron chi connectivity index (χ2n) is 10.6. The summed E-state index contributed by atoms with van der Waals surface area (Å²) in [4.78, 5) is 9.92. The highest BCUT2D eigenvalue weighted by Crippen LogP contribution is 2.32. The van der Waals surface area contributed by atoms with Gasteiger partial charge in [-0.1, -0.05) is 55.5 Å². The zero-order chi connectivity index (χ0) is 28.8. The van der Waals surface area contributed by atoms with Crippen LogP contribution in [0.3, 0.4) is 0 Å². The maximum absolute atomic E-state index is 14.0. The van der Waals surface area contributed by atoms with Gasteiger partial charge in [0.15, 0.2) is 5.82 Å². The van der Waals surface area contributed by atoms with Crippen molar-refractivity contribution in [3.05, 3.63) is 102 Å². The number of tetrazole rings is 1. The number of aromatic nitrogens is 8. The normalized spacial score (nSPS) is 11.6. The van der Waals surface area contributed by atoms with Gasteiger partial charge in [0.25, 0.3) is 0 Å². The third-order valence-electron chi connectivity index (χ3n) is 7.83. The number of nitrogens with zero attached hydrogens (tertiary/aromatic N) is 7. The summed E-state index contributed by atoms with van der Waals surface area (Å²) in [5, 5.41) is 14.4. The van der Waals surface area contributed by atoms with Crippen LogP contribution in [-0.2, 0) is 20.0 Å². The Morgan fingerprint density at radius 1 is 0.857 bits per heavy atom. The third kappa shape index (κ3) is 4.43. The lowest BCUT2D eigenvalue weighted by Crippen LogP contribution is -2.05. The van der Waals surface area contributed by atoms with Crippen LogP contribution < -0.4 is 0 Å². The lowest BCUT2D eigenvalue weighted by atomic mass is 9.98. The van der Waals surface area contributed by atoms with Gasteiger partial charge in [-0.25, -0.2) is 19.5 Å². The lowest BCUT2D eigenvalue weighted by molar-refractivity contribution is 0.629. The van der Waals surface area contributed by atoms with E-state index in [4.69, 9.17) is 9.97 Å². The van der Waals surface area contributed by atoms with E-state index in [1.165, 1.54) is 17.7 Å². The molecule has 0 radical (unpaired) electrons. The number of hydrogen-bond donors (Lipinski definition) is 1. The highest BCUT2D eigenvalue weighted by molar-refractivity contribution is 5.87. The van der Waals surface area contributed by atoms with Gasteiger partial charge in [-0.2, -0.15) is 0 Å². The third-order valence-corrected chi connectivity index (χ3v) is 7.83. The number of H-pyrrole nitrogens is 1. The van der Waals surface area contributed by atoms with E-state index in [0.717, 1.165) is 74.4 Å². The van der Waals surface area contributed by atoms with Crippen LogP contribution in [0.2, 0.25) is 0 Å². The molecule has 0 unspecified atom stereocenters. The Bertz CT molecular complexity index is 2050. The molecule has 3 aromatic heterocycles. The molecule has 0 fully saturated rings. The number of hydrogen-bond acceptors (Lipinski definition) is 5. The second kappa shape index (κ2) is 10.3. The zero-order valence-electron chi connectivity index (χ0n) is 23.6. The molecule has 1 N–H and O–H groups in total. The number of aryl methyl sites for hydroxylation is 3. The molecule has 0 atom stereocenters. The predicted molar refractivity (Wildman–Crippen MR) is 162 cm³/mol. The summed E-state index contributed by atoms with van der Waals surface area (Å²) in [5.41, 5.74) is 9.96. The number of fused-ring (bicyclic) bond motifs is 2. The van der Waals surface area contributed by atoms with E-state index in [1.807, 2.05) is 29.8 Å². The number of aromatic amines is 1. The molecule has 0 bridgehead atoms. The first-order valence-corrected chi connectivity index (χ1v) is 14.0. The molecule has 0 saturated heterocycles. The summed E-state index contributed by atoms with van der Waals surface area (Å²) in [5.74, 6) is 2.23. The summed E-state index contributed by atoms with van der Waals surface area (Å²) in [6.45, 7) is 4.96. The van der Waals surface area contributed by atoms with E-state index in [9.17, 15) is 4.39 Å². The van der Waals surface area contributed by atoms with Gasteiger partial charge in [0.1, 0.15) is 17.5 Å². The summed E-state index contributed by atoms with van der Waals surface area (Å²) in [7, 11) is 1.93. The Hall–Kier alpha value is -5.18. The van der Waals surface area contributed by atoms with Crippen molar-refractivity contribution in [1.29, 1.82) is 0 Å². The average molecular weight is 557 g/mol. The number of imidazole rings is 2. The summed E-state index contributed by atoms with van der Waals surface area (Å²) < 4.78 is 18.3. The Kier molecular flexibility index (Phi) is 6.34. The first kappa shape index (κ1) is 25.8. The van der Waals surface area contributed by atoms with Crippen molar-refractivity contribution in [1.82, 2.24) is 39.7 Å². The van der Waals surface area contributed by atoms with E-state index in [-0.39, 0.29) is 5.82 Å². The fourth-order valence-corrected chi connectivity index (χ4v) is 5.77. The molecule has 0 aliphatic carbocycles. The Balaban J connectivity index is 1.28. The van der Waals surface area contributed by atoms with Crippen LogP contribution in [0, 0.1) is 12.7 Å². The molecule has 4 aromatic carbocycles. The van der Waals surface area contributed by atoms with Crippen molar-refractivity contribution in [2.75, 3.05) is 0 Å². The second-order valence-corrected chi connectivity index (χ2v) is 10.6. The lowest BCUT2D eigenvalue weighted by Gasteiger charge is -2.12. The topological polar surface area (TPSA) is 90.1 Å². The molecule has 0 spiro atoms. The maximum Gasteiger partial charge on any atom is 0.180 e. The molecule has 42 heavy (non-hydrogen) atoms. The highest BCUT2D eigenvalue weighted by atomic mass is 19.1. The summed E-state index contributed by atoms with van der Waals surface area (Å²) in [6, 6.07) is 25.7. The van der Waals surface area contributed by atoms with Crippen molar-refractivity contribution in [2.45, 2.75) is 33.2 Å². The fourth-order valence-electron chi connectivity index (χ4n) is 5.77. The van der Waals surface area contributed by atoms with Crippen LogP contribution in [0.5, 0.6) is 0 Å². The molecule has 0 aliphatic rings. The van der Waals surface area contributed by atoms with Gasteiger partial charge in [0.2, 0.25) is 0 Å². The predicted octanol–water partition coefficient (Wildman–Crippen LogP) is 6.89. The molecule has 7 rings (SSSR count). The zero-order valence-corrected chi connectivity index (χ0v) is 23.6.